The molecular weight excluding hydrogens is 296 g/mol. The van der Waals surface area contributed by atoms with Crippen LogP contribution in [0.4, 0.5) is 11.5 Å². The molecule has 0 atom stereocenters. The molecule has 0 aliphatic rings. The summed E-state index contributed by atoms with van der Waals surface area (Å²) in [6.07, 6.45) is 0. The zero-order valence-corrected chi connectivity index (χ0v) is 14.8. The molecule has 7 nitrogen and oxygen atoms in total. The van der Waals surface area contributed by atoms with Gasteiger partial charge in [0.05, 0.1) is 0 Å². The number of aromatic amines is 1. The molecule has 3 N–H and O–H groups in total. The van der Waals surface area contributed by atoms with Gasteiger partial charge in [0.25, 0.3) is 5.56 Å². The molecule has 0 saturated heterocycles. The Morgan fingerprint density at radius 1 is 1.13 bits per heavy atom. The molecule has 0 radical (unpaired) electrons. The van der Waals surface area contributed by atoms with Crippen LogP contribution in [0.3, 0.4) is 0 Å². The largest absolute Gasteiger partial charge is 0.383 e. The van der Waals surface area contributed by atoms with Crippen LogP contribution in [0.15, 0.2) is 9.59 Å². The molecule has 0 fully saturated rings. The summed E-state index contributed by atoms with van der Waals surface area (Å²) in [7, 11) is 0. The standard InChI is InChI=1S/C16H28N4O3/c1-9(2)7-19(15(22)11(5)6)12-13(17)20(8-10(3)4)16(23)18-14(12)21/h9-11H,7-8,17H2,1-6H3,(H,18,21,23). The van der Waals surface area contributed by atoms with E-state index in [2.05, 4.69) is 4.98 Å². The number of aromatic nitrogens is 2. The molecule has 0 spiro atoms. The van der Waals surface area contributed by atoms with Gasteiger partial charge in [-0.15, -0.1) is 0 Å². The van der Waals surface area contributed by atoms with Crippen molar-refractivity contribution in [2.24, 2.45) is 17.8 Å². The fraction of sp³-hybridized carbons (Fsp3) is 0.688. The minimum atomic E-state index is -0.623. The van der Waals surface area contributed by atoms with Gasteiger partial charge in [0.1, 0.15) is 5.82 Å². The minimum Gasteiger partial charge on any atom is -0.383 e. The molecule has 0 unspecified atom stereocenters. The van der Waals surface area contributed by atoms with E-state index in [0.717, 1.165) is 0 Å². The molecule has 0 saturated carbocycles. The number of carbonyl (C=O) groups is 1. The highest BCUT2D eigenvalue weighted by Crippen LogP contribution is 2.21. The summed E-state index contributed by atoms with van der Waals surface area (Å²) in [6, 6.07) is 0. The van der Waals surface area contributed by atoms with Gasteiger partial charge in [-0.25, -0.2) is 4.79 Å². The lowest BCUT2D eigenvalue weighted by Gasteiger charge is -2.27. The summed E-state index contributed by atoms with van der Waals surface area (Å²) in [4.78, 5) is 40.5. The highest BCUT2D eigenvalue weighted by molar-refractivity contribution is 5.96. The normalized spacial score (nSPS) is 11.5. The number of hydrogen-bond acceptors (Lipinski definition) is 4. The zero-order chi connectivity index (χ0) is 17.9. The van der Waals surface area contributed by atoms with Crippen molar-refractivity contribution in [3.8, 4) is 0 Å². The molecule has 130 valence electrons. The summed E-state index contributed by atoms with van der Waals surface area (Å²) < 4.78 is 1.32. The number of carbonyl (C=O) groups excluding carboxylic acids is 1. The summed E-state index contributed by atoms with van der Waals surface area (Å²) in [5.74, 6) is -0.0964. The first-order chi connectivity index (χ1) is 10.6. The summed E-state index contributed by atoms with van der Waals surface area (Å²) in [5.41, 5.74) is 4.99. The fourth-order valence-corrected chi connectivity index (χ4v) is 2.35. The summed E-state index contributed by atoms with van der Waals surface area (Å²) in [6.45, 7) is 12.1. The monoisotopic (exact) mass is 324 g/mol. The number of anilines is 2. The fourth-order valence-electron chi connectivity index (χ4n) is 2.35. The third-order valence-corrected chi connectivity index (χ3v) is 3.34. The van der Waals surface area contributed by atoms with E-state index < -0.39 is 11.2 Å². The van der Waals surface area contributed by atoms with Crippen molar-refractivity contribution >= 4 is 17.4 Å². The Bertz CT molecular complexity index is 671. The molecule has 7 heteroatoms. The first kappa shape index (κ1) is 19.0. The minimum absolute atomic E-state index is 0.0436. The number of H-pyrrole nitrogens is 1. The quantitative estimate of drug-likeness (QED) is 0.826. The predicted molar refractivity (Wildman–Crippen MR) is 92.6 cm³/mol. The van der Waals surface area contributed by atoms with Crippen LogP contribution < -0.4 is 21.9 Å². The van der Waals surface area contributed by atoms with E-state index in [1.165, 1.54) is 9.47 Å². The Morgan fingerprint density at radius 2 is 1.70 bits per heavy atom. The summed E-state index contributed by atoms with van der Waals surface area (Å²) >= 11 is 0. The van der Waals surface area contributed by atoms with Crippen LogP contribution in [-0.2, 0) is 11.3 Å². The van der Waals surface area contributed by atoms with Gasteiger partial charge in [0.2, 0.25) is 5.91 Å². The van der Waals surface area contributed by atoms with Crippen LogP contribution in [0.2, 0.25) is 0 Å². The maximum absolute atomic E-state index is 12.5. The molecule has 1 rings (SSSR count). The van der Waals surface area contributed by atoms with Crippen LogP contribution in [0.5, 0.6) is 0 Å². The molecule has 1 aromatic heterocycles. The second-order valence-electron chi connectivity index (χ2n) is 6.99. The predicted octanol–water partition coefficient (Wildman–Crippen LogP) is 1.42. The Kier molecular flexibility index (Phi) is 6.18. The van der Waals surface area contributed by atoms with Crippen molar-refractivity contribution in [3.63, 3.8) is 0 Å². The highest BCUT2D eigenvalue weighted by atomic mass is 16.2. The van der Waals surface area contributed by atoms with Crippen molar-refractivity contribution in [1.29, 1.82) is 0 Å². The molecule has 0 aliphatic carbocycles. The van der Waals surface area contributed by atoms with E-state index in [1.54, 1.807) is 13.8 Å². The van der Waals surface area contributed by atoms with Gasteiger partial charge < -0.3 is 10.6 Å². The Labute approximate surface area is 136 Å². The third kappa shape index (κ3) is 4.46. The smallest absolute Gasteiger partial charge is 0.330 e. The van der Waals surface area contributed by atoms with Crippen molar-refractivity contribution < 1.29 is 4.79 Å². The van der Waals surface area contributed by atoms with Crippen molar-refractivity contribution in [3.05, 3.63) is 20.8 Å². The molecule has 0 aromatic carbocycles. The van der Waals surface area contributed by atoms with E-state index in [9.17, 15) is 14.4 Å². The van der Waals surface area contributed by atoms with Crippen LogP contribution in [-0.4, -0.2) is 22.0 Å². The number of nitrogen functional groups attached to an aromatic ring is 1. The maximum atomic E-state index is 12.5. The maximum Gasteiger partial charge on any atom is 0.330 e. The number of rotatable bonds is 6. The van der Waals surface area contributed by atoms with Gasteiger partial charge in [-0.1, -0.05) is 41.5 Å². The number of amides is 1. The number of nitrogens with zero attached hydrogens (tertiary/aromatic N) is 2. The van der Waals surface area contributed by atoms with Gasteiger partial charge in [-0.3, -0.25) is 19.1 Å². The average Bonchev–Trinajstić information content (AvgIpc) is 2.40. The first-order valence-corrected chi connectivity index (χ1v) is 8.00. The van der Waals surface area contributed by atoms with Crippen molar-refractivity contribution in [1.82, 2.24) is 9.55 Å². The second kappa shape index (κ2) is 7.48. The van der Waals surface area contributed by atoms with Gasteiger partial charge >= 0.3 is 5.69 Å². The van der Waals surface area contributed by atoms with Crippen LogP contribution in [0.1, 0.15) is 41.5 Å². The highest BCUT2D eigenvalue weighted by Gasteiger charge is 2.26. The molecule has 1 heterocycles. The van der Waals surface area contributed by atoms with Crippen LogP contribution in [0, 0.1) is 17.8 Å². The lowest BCUT2D eigenvalue weighted by molar-refractivity contribution is -0.121. The Hall–Kier alpha value is -2.05. The molecule has 23 heavy (non-hydrogen) atoms. The molecule has 0 aliphatic heterocycles. The molecular formula is C16H28N4O3. The van der Waals surface area contributed by atoms with Gasteiger partial charge in [-0.2, -0.15) is 0 Å². The van der Waals surface area contributed by atoms with Crippen LogP contribution in [0.25, 0.3) is 0 Å². The average molecular weight is 324 g/mol. The number of nitrogens with one attached hydrogen (secondary N) is 1. The second-order valence-corrected chi connectivity index (χ2v) is 6.99. The summed E-state index contributed by atoms with van der Waals surface area (Å²) in [5, 5.41) is 0. The zero-order valence-electron chi connectivity index (χ0n) is 14.8. The number of hydrogen-bond donors (Lipinski definition) is 2. The van der Waals surface area contributed by atoms with Gasteiger partial charge in [-0.05, 0) is 11.8 Å². The third-order valence-electron chi connectivity index (χ3n) is 3.34. The molecule has 1 amide bonds. The lowest BCUT2D eigenvalue weighted by atomic mass is 10.1. The molecule has 0 bridgehead atoms. The van der Waals surface area contributed by atoms with E-state index in [0.29, 0.717) is 13.1 Å². The van der Waals surface area contributed by atoms with E-state index >= 15 is 0 Å². The van der Waals surface area contributed by atoms with Gasteiger partial charge in [0.15, 0.2) is 5.69 Å². The Morgan fingerprint density at radius 3 is 2.13 bits per heavy atom. The van der Waals surface area contributed by atoms with E-state index in [1.807, 2.05) is 27.7 Å². The van der Waals surface area contributed by atoms with E-state index in [-0.39, 0.29) is 35.2 Å². The first-order valence-electron chi connectivity index (χ1n) is 8.00. The Balaban J connectivity index is 3.55. The molecule has 1 aromatic rings. The van der Waals surface area contributed by atoms with Crippen molar-refractivity contribution in [2.75, 3.05) is 17.2 Å². The SMILES string of the molecule is CC(C)CN(C(=O)C(C)C)c1c(N)n(CC(C)C)c(=O)[nH]c1=O. The van der Waals surface area contributed by atoms with Crippen molar-refractivity contribution in [2.45, 2.75) is 48.1 Å². The number of nitrogens with two attached hydrogens (primary N) is 1. The van der Waals surface area contributed by atoms with Crippen LogP contribution >= 0.6 is 0 Å². The van der Waals surface area contributed by atoms with E-state index in [4.69, 9.17) is 5.73 Å². The van der Waals surface area contributed by atoms with Gasteiger partial charge in [0, 0.05) is 19.0 Å². The topological polar surface area (TPSA) is 101 Å². The lowest BCUT2D eigenvalue weighted by Crippen LogP contribution is -2.44.